The number of ether oxygens (including phenoxy) is 1. The van der Waals surface area contributed by atoms with Gasteiger partial charge in [-0.2, -0.15) is 0 Å². The molecule has 0 spiro atoms. The number of rotatable bonds is 5. The Labute approximate surface area is 107 Å². The van der Waals surface area contributed by atoms with E-state index in [9.17, 15) is 0 Å². The first-order valence-electron chi connectivity index (χ1n) is 6.06. The molecule has 94 valence electrons. The van der Waals surface area contributed by atoms with E-state index in [1.165, 1.54) is 18.4 Å². The maximum Gasteiger partial charge on any atom is 0.137 e. The first-order valence-corrected chi connectivity index (χ1v) is 6.44. The topological polar surface area (TPSA) is 33.3 Å². The monoisotopic (exact) mass is 254 g/mol. The Bertz CT molecular complexity index is 364. The summed E-state index contributed by atoms with van der Waals surface area (Å²) in [4.78, 5) is 0. The van der Waals surface area contributed by atoms with Crippen molar-refractivity contribution in [3.63, 3.8) is 0 Å². The summed E-state index contributed by atoms with van der Waals surface area (Å²) in [5, 5.41) is 7.58. The average molecular weight is 255 g/mol. The highest BCUT2D eigenvalue weighted by Crippen LogP contribution is 2.24. The van der Waals surface area contributed by atoms with Crippen molar-refractivity contribution in [2.45, 2.75) is 25.4 Å². The molecule has 1 fully saturated rings. The molecule has 0 bridgehead atoms. The summed E-state index contributed by atoms with van der Waals surface area (Å²) in [6.45, 7) is 3.02. The molecule has 0 amide bonds. The standard InChI is InChI=1S/C13H19ClN2O/c1-17-13-5-4-10(7-12(13)14)8-15-9-11-3-2-6-16-11/h4-5,7,11,15-16H,2-3,6,8-9H2,1H3. The fourth-order valence-electron chi connectivity index (χ4n) is 2.14. The van der Waals surface area contributed by atoms with Crippen LogP contribution in [0.15, 0.2) is 18.2 Å². The minimum atomic E-state index is 0.628. The van der Waals surface area contributed by atoms with Crippen molar-refractivity contribution >= 4 is 11.6 Å². The second-order valence-corrected chi connectivity index (χ2v) is 4.80. The van der Waals surface area contributed by atoms with Crippen LogP contribution >= 0.6 is 11.6 Å². The van der Waals surface area contributed by atoms with Gasteiger partial charge in [0.2, 0.25) is 0 Å². The summed E-state index contributed by atoms with van der Waals surface area (Å²) < 4.78 is 5.12. The molecule has 1 atom stereocenters. The first-order chi connectivity index (χ1) is 8.29. The van der Waals surface area contributed by atoms with Gasteiger partial charge in [-0.25, -0.2) is 0 Å². The number of halogens is 1. The minimum absolute atomic E-state index is 0.628. The van der Waals surface area contributed by atoms with Crippen LogP contribution in [-0.4, -0.2) is 26.2 Å². The Morgan fingerprint density at radius 3 is 3.06 bits per heavy atom. The summed E-state index contributed by atoms with van der Waals surface area (Å²) in [7, 11) is 1.63. The number of hydrogen-bond acceptors (Lipinski definition) is 3. The van der Waals surface area contributed by atoms with Crippen LogP contribution in [0.3, 0.4) is 0 Å². The van der Waals surface area contributed by atoms with Gasteiger partial charge in [0, 0.05) is 19.1 Å². The van der Waals surface area contributed by atoms with E-state index in [0.29, 0.717) is 11.1 Å². The maximum absolute atomic E-state index is 6.07. The zero-order chi connectivity index (χ0) is 12.1. The van der Waals surface area contributed by atoms with E-state index >= 15 is 0 Å². The molecule has 2 rings (SSSR count). The lowest BCUT2D eigenvalue weighted by molar-refractivity contribution is 0.415. The number of nitrogens with one attached hydrogen (secondary N) is 2. The summed E-state index contributed by atoms with van der Waals surface area (Å²) in [6.07, 6.45) is 2.57. The maximum atomic E-state index is 6.07. The van der Waals surface area contributed by atoms with Crippen molar-refractivity contribution in [2.75, 3.05) is 20.2 Å². The smallest absolute Gasteiger partial charge is 0.137 e. The lowest BCUT2D eigenvalue weighted by Gasteiger charge is -2.12. The van der Waals surface area contributed by atoms with Crippen LogP contribution in [0.1, 0.15) is 18.4 Å². The first kappa shape index (κ1) is 12.7. The van der Waals surface area contributed by atoms with Gasteiger partial charge in [0.1, 0.15) is 5.75 Å². The van der Waals surface area contributed by atoms with Gasteiger partial charge < -0.3 is 15.4 Å². The molecule has 0 radical (unpaired) electrons. The molecule has 17 heavy (non-hydrogen) atoms. The summed E-state index contributed by atoms with van der Waals surface area (Å²) >= 11 is 6.07. The fraction of sp³-hybridized carbons (Fsp3) is 0.538. The van der Waals surface area contributed by atoms with Crippen molar-refractivity contribution < 1.29 is 4.74 Å². The van der Waals surface area contributed by atoms with Crippen LogP contribution < -0.4 is 15.4 Å². The lowest BCUT2D eigenvalue weighted by atomic mass is 10.2. The normalized spacial score (nSPS) is 19.5. The number of benzene rings is 1. The molecular formula is C13H19ClN2O. The fourth-order valence-corrected chi connectivity index (χ4v) is 2.42. The van der Waals surface area contributed by atoms with Crippen molar-refractivity contribution in [1.29, 1.82) is 0 Å². The molecule has 1 unspecified atom stereocenters. The number of hydrogen-bond donors (Lipinski definition) is 2. The highest BCUT2D eigenvalue weighted by atomic mass is 35.5. The molecule has 1 heterocycles. The summed E-state index contributed by atoms with van der Waals surface area (Å²) in [5.41, 5.74) is 1.19. The van der Waals surface area contributed by atoms with Crippen molar-refractivity contribution in [1.82, 2.24) is 10.6 Å². The van der Waals surface area contributed by atoms with Crippen LogP contribution in [0.2, 0.25) is 5.02 Å². The largest absolute Gasteiger partial charge is 0.495 e. The highest BCUT2D eigenvalue weighted by molar-refractivity contribution is 6.32. The zero-order valence-electron chi connectivity index (χ0n) is 10.1. The zero-order valence-corrected chi connectivity index (χ0v) is 10.9. The van der Waals surface area contributed by atoms with E-state index in [1.54, 1.807) is 7.11 Å². The van der Waals surface area contributed by atoms with Crippen LogP contribution in [0, 0.1) is 0 Å². The molecular weight excluding hydrogens is 236 g/mol. The van der Waals surface area contributed by atoms with E-state index in [1.807, 2.05) is 18.2 Å². The second kappa shape index (κ2) is 6.24. The molecule has 1 aromatic carbocycles. The predicted molar refractivity (Wildman–Crippen MR) is 70.7 cm³/mol. The molecule has 0 aliphatic carbocycles. The van der Waals surface area contributed by atoms with Crippen molar-refractivity contribution in [3.05, 3.63) is 28.8 Å². The third kappa shape index (κ3) is 3.60. The summed E-state index contributed by atoms with van der Waals surface area (Å²) in [6, 6.07) is 6.53. The minimum Gasteiger partial charge on any atom is -0.495 e. The lowest BCUT2D eigenvalue weighted by Crippen LogP contribution is -2.33. The van der Waals surface area contributed by atoms with Crippen LogP contribution in [0.25, 0.3) is 0 Å². The van der Waals surface area contributed by atoms with E-state index in [0.717, 1.165) is 25.4 Å². The SMILES string of the molecule is COc1ccc(CNCC2CCCN2)cc1Cl. The van der Waals surface area contributed by atoms with Gasteiger partial charge in [-0.05, 0) is 37.1 Å². The van der Waals surface area contributed by atoms with E-state index in [4.69, 9.17) is 16.3 Å². The van der Waals surface area contributed by atoms with Crippen molar-refractivity contribution in [3.8, 4) is 5.75 Å². The quantitative estimate of drug-likeness (QED) is 0.845. The average Bonchev–Trinajstić information content (AvgIpc) is 2.82. The molecule has 1 saturated heterocycles. The molecule has 1 aliphatic heterocycles. The van der Waals surface area contributed by atoms with Gasteiger partial charge in [-0.15, -0.1) is 0 Å². The third-order valence-electron chi connectivity index (χ3n) is 3.10. The highest BCUT2D eigenvalue weighted by Gasteiger charge is 2.12. The van der Waals surface area contributed by atoms with Crippen LogP contribution in [0.4, 0.5) is 0 Å². The Morgan fingerprint density at radius 2 is 2.41 bits per heavy atom. The van der Waals surface area contributed by atoms with Gasteiger partial charge in [-0.3, -0.25) is 0 Å². The van der Waals surface area contributed by atoms with Gasteiger partial charge in [0.05, 0.1) is 12.1 Å². The second-order valence-electron chi connectivity index (χ2n) is 4.39. The number of methoxy groups -OCH3 is 1. The van der Waals surface area contributed by atoms with Crippen LogP contribution in [-0.2, 0) is 6.54 Å². The molecule has 1 aliphatic rings. The Morgan fingerprint density at radius 1 is 1.53 bits per heavy atom. The molecule has 3 nitrogen and oxygen atoms in total. The molecule has 4 heteroatoms. The van der Waals surface area contributed by atoms with E-state index in [-0.39, 0.29) is 0 Å². The molecule has 2 N–H and O–H groups in total. The molecule has 1 aromatic rings. The van der Waals surface area contributed by atoms with E-state index in [2.05, 4.69) is 10.6 Å². The predicted octanol–water partition coefficient (Wildman–Crippen LogP) is 2.19. The van der Waals surface area contributed by atoms with Gasteiger partial charge in [0.25, 0.3) is 0 Å². The Kier molecular flexibility index (Phi) is 4.66. The summed E-state index contributed by atoms with van der Waals surface area (Å²) in [5.74, 6) is 0.730. The van der Waals surface area contributed by atoms with Gasteiger partial charge in [0.15, 0.2) is 0 Å². The van der Waals surface area contributed by atoms with E-state index < -0.39 is 0 Å². The van der Waals surface area contributed by atoms with Crippen molar-refractivity contribution in [2.24, 2.45) is 0 Å². The Hall–Kier alpha value is -0.770. The van der Waals surface area contributed by atoms with Gasteiger partial charge >= 0.3 is 0 Å². The Balaban J connectivity index is 1.80. The van der Waals surface area contributed by atoms with Gasteiger partial charge in [-0.1, -0.05) is 17.7 Å². The third-order valence-corrected chi connectivity index (χ3v) is 3.39. The molecule has 0 aromatic heterocycles. The van der Waals surface area contributed by atoms with Crippen LogP contribution in [0.5, 0.6) is 5.75 Å². The molecule has 0 saturated carbocycles.